The van der Waals surface area contributed by atoms with Gasteiger partial charge in [-0.1, -0.05) is 0 Å². The molecule has 0 aliphatic rings. The van der Waals surface area contributed by atoms with E-state index >= 15 is 0 Å². The molecule has 0 spiro atoms. The summed E-state index contributed by atoms with van der Waals surface area (Å²) >= 11 is 0. The first kappa shape index (κ1) is 44.4. The summed E-state index contributed by atoms with van der Waals surface area (Å²) in [6.07, 6.45) is 0. The second-order valence-corrected chi connectivity index (χ2v) is 1.34. The highest BCUT2D eigenvalue weighted by atomic mass is 31.2. The van der Waals surface area contributed by atoms with E-state index < -0.39 is 7.82 Å². The molecule has 78 valence electrons. The third kappa shape index (κ3) is 76500. The van der Waals surface area contributed by atoms with Crippen LogP contribution < -0.4 is 44.4 Å². The van der Waals surface area contributed by atoms with Crippen LogP contribution >= 0.6 is 7.82 Å². The molecule has 0 unspecified atom stereocenters. The molecule has 0 aromatic heterocycles. The van der Waals surface area contributed by atoms with Crippen molar-refractivity contribution in [2.75, 3.05) is 7.11 Å². The molecule has 0 aliphatic heterocycles. The molecule has 9 nitrogen and oxygen atoms in total. The summed E-state index contributed by atoms with van der Waals surface area (Å²) < 4.78 is 8.55. The molecule has 0 aliphatic carbocycles. The van der Waals surface area contributed by atoms with Crippen LogP contribution in [0.25, 0.3) is 0 Å². The highest BCUT2D eigenvalue weighted by molar-refractivity contribution is 7.40. The van der Waals surface area contributed by atoms with Crippen molar-refractivity contribution in [3.63, 3.8) is 0 Å². The monoisotopic (exact) mass is 198 g/mol. The zero-order chi connectivity index (χ0) is 6.50. The van der Waals surface area contributed by atoms with E-state index in [1.165, 1.54) is 0 Å². The van der Waals surface area contributed by atoms with Gasteiger partial charge in [0.25, 0.3) is 0 Å². The lowest BCUT2D eigenvalue weighted by Gasteiger charge is -2.36. The fourth-order valence-electron chi connectivity index (χ4n) is 0. The lowest BCUT2D eigenvalue weighted by atomic mass is 11.8. The summed E-state index contributed by atoms with van der Waals surface area (Å²) in [6, 6.07) is 0. The predicted molar refractivity (Wildman–Crippen MR) is 37.5 cm³/mol. The second-order valence-electron chi connectivity index (χ2n) is 0.447. The summed E-state index contributed by atoms with van der Waals surface area (Å²) in [5.41, 5.74) is 0. The fraction of sp³-hybridized carbons (Fsp3) is 1.00. The Kier molecular flexibility index (Phi) is 91.0. The van der Waals surface area contributed by atoms with Crippen molar-refractivity contribution in [1.29, 1.82) is 0 Å². The van der Waals surface area contributed by atoms with Crippen molar-refractivity contribution >= 4 is 7.82 Å². The van der Waals surface area contributed by atoms with E-state index in [4.69, 9.17) is 24.4 Å². The lowest BCUT2D eigenvalue weighted by Crippen LogP contribution is -2.24. The van der Waals surface area contributed by atoms with Crippen LogP contribution in [0.2, 0.25) is 0 Å². The number of quaternary nitrogens is 4. The second kappa shape index (κ2) is 22.5. The van der Waals surface area contributed by atoms with Crippen molar-refractivity contribution in [1.82, 2.24) is 24.6 Å². The van der Waals surface area contributed by atoms with Crippen molar-refractivity contribution in [3.05, 3.63) is 0 Å². The molecule has 0 fully saturated rings. The first-order chi connectivity index (χ1) is 3.00. The first-order valence-corrected chi connectivity index (χ1v) is 2.60. The van der Waals surface area contributed by atoms with Crippen LogP contribution in [0.3, 0.4) is 0 Å². The number of phosphoric acid groups is 1. The average Bonchev–Trinajstić information content (AvgIpc) is 1.36. The van der Waals surface area contributed by atoms with E-state index in [2.05, 4.69) is 0 Å². The lowest BCUT2D eigenvalue weighted by molar-refractivity contribution is -0.432. The fourth-order valence-corrected chi connectivity index (χ4v) is 0. The first-order valence-electron chi connectivity index (χ1n) is 1.14. The Morgan fingerprint density at radius 3 is 0.818 bits per heavy atom. The number of rotatable bonds is 0. The predicted octanol–water partition coefficient (Wildman–Crippen LogP) is -2.34. The van der Waals surface area contributed by atoms with Gasteiger partial charge in [0, 0.05) is 0 Å². The van der Waals surface area contributed by atoms with Gasteiger partial charge in [-0.25, -0.2) is 0 Å². The largest absolute Gasteiger partial charge is 0.857 e. The molecule has 0 heterocycles. The smallest absolute Gasteiger partial charge is 0.153 e. The van der Waals surface area contributed by atoms with Gasteiger partial charge in [-0.05, 0) is 0 Å². The average molecular weight is 198 g/mol. The maximum atomic E-state index is 8.55. The summed E-state index contributed by atoms with van der Waals surface area (Å²) in [7, 11) is -4.64. The van der Waals surface area contributed by atoms with E-state index in [1.54, 1.807) is 0 Å². The number of hydrogen-bond acceptors (Lipinski definition) is 5. The van der Waals surface area contributed by atoms with Gasteiger partial charge in [-0.3, -0.25) is 0 Å². The minimum absolute atomic E-state index is 0. The third-order valence-electron chi connectivity index (χ3n) is 0. The van der Waals surface area contributed by atoms with E-state index in [1.807, 2.05) is 0 Å². The van der Waals surface area contributed by atoms with Crippen molar-refractivity contribution in [2.45, 2.75) is 0 Å². The summed E-state index contributed by atoms with van der Waals surface area (Å²) in [5.74, 6) is 0. The molecular formula is CH19N4O5P. The Labute approximate surface area is 65.0 Å². The minimum Gasteiger partial charge on any atom is -0.857 e. The summed E-state index contributed by atoms with van der Waals surface area (Å²) in [6.45, 7) is 0. The molecule has 11 heavy (non-hydrogen) atoms. The molecular weight excluding hydrogens is 179 g/mol. The molecule has 0 radical (unpaired) electrons. The molecule has 16 N–H and O–H groups in total. The maximum Gasteiger partial charge on any atom is -0.153 e. The third-order valence-corrected chi connectivity index (χ3v) is 0. The van der Waals surface area contributed by atoms with Crippen LogP contribution in [-0.2, 0) is 4.57 Å². The normalized spacial score (nSPS) is 5.91. The number of hydrogen-bond donors (Lipinski definition) is 4. The van der Waals surface area contributed by atoms with Crippen molar-refractivity contribution < 1.29 is 24.4 Å². The van der Waals surface area contributed by atoms with Crippen LogP contribution in [0.5, 0.6) is 0 Å². The van der Waals surface area contributed by atoms with E-state index in [0.29, 0.717) is 0 Å². The van der Waals surface area contributed by atoms with Gasteiger partial charge in [0.15, 0.2) is 0 Å². The molecule has 10 heteroatoms. The Bertz CT molecular complexity index is 64.6. The van der Waals surface area contributed by atoms with Gasteiger partial charge < -0.3 is 49.0 Å². The SMILES string of the molecule is C[O-].O=P([O-])([O-])[O-].[NH4+].[NH4+].[NH4+].[NH4+]. The molecule has 0 saturated carbocycles. The van der Waals surface area contributed by atoms with Crippen molar-refractivity contribution in [2.24, 2.45) is 0 Å². The van der Waals surface area contributed by atoms with Gasteiger partial charge >= 0.3 is 0 Å². The van der Waals surface area contributed by atoms with Gasteiger partial charge in [0.05, 0.1) is 0 Å². The zero-order valence-electron chi connectivity index (χ0n) is 7.49. The quantitative estimate of drug-likeness (QED) is 0.310. The summed E-state index contributed by atoms with van der Waals surface area (Å²) in [4.78, 5) is 25.6. The minimum atomic E-state index is -5.39. The zero-order valence-corrected chi connectivity index (χ0v) is 8.38. The van der Waals surface area contributed by atoms with Crippen molar-refractivity contribution in [3.8, 4) is 0 Å². The Balaban J connectivity index is -0.00000000972. The van der Waals surface area contributed by atoms with Crippen LogP contribution in [0.15, 0.2) is 0 Å². The summed E-state index contributed by atoms with van der Waals surface area (Å²) in [5, 5.41) is 8.25. The molecule has 0 rings (SSSR count). The van der Waals surface area contributed by atoms with Gasteiger partial charge in [0.2, 0.25) is 0 Å². The van der Waals surface area contributed by atoms with Crippen LogP contribution in [0, 0.1) is 0 Å². The Morgan fingerprint density at radius 2 is 0.818 bits per heavy atom. The van der Waals surface area contributed by atoms with E-state index in [9.17, 15) is 0 Å². The van der Waals surface area contributed by atoms with E-state index in [0.717, 1.165) is 7.11 Å². The maximum absolute atomic E-state index is 8.55. The molecule has 0 aromatic rings. The molecule has 0 saturated heterocycles. The Hall–Kier alpha value is -0.0900. The van der Waals surface area contributed by atoms with Gasteiger partial charge in [-0.15, -0.1) is 0 Å². The topological polar surface area (TPSA) is 255 Å². The van der Waals surface area contributed by atoms with Gasteiger partial charge in [-0.2, -0.15) is 14.9 Å². The standard InChI is InChI=1S/CH3O.4H3N.H3O4P/c1-2;;;;;1-5(2,3)4/h1H3;4*1H3;(H3,1,2,3,4)/q-1;;;;;/p+1. The Morgan fingerprint density at radius 1 is 0.818 bits per heavy atom. The van der Waals surface area contributed by atoms with E-state index in [-0.39, 0.29) is 24.6 Å². The highest BCUT2D eigenvalue weighted by Crippen LogP contribution is 2.03. The molecule has 0 aromatic carbocycles. The van der Waals surface area contributed by atoms with Crippen LogP contribution in [0.4, 0.5) is 0 Å². The molecule has 0 bridgehead atoms. The van der Waals surface area contributed by atoms with Crippen LogP contribution in [0.1, 0.15) is 0 Å². The highest BCUT2D eigenvalue weighted by Gasteiger charge is 1.44. The van der Waals surface area contributed by atoms with Crippen LogP contribution in [-0.4, -0.2) is 7.11 Å². The molecule has 0 amide bonds. The molecule has 0 atom stereocenters. The van der Waals surface area contributed by atoms with Gasteiger partial charge in [0.1, 0.15) is 0 Å².